The summed E-state index contributed by atoms with van der Waals surface area (Å²) in [7, 11) is -3.78. The molecular formula is C13H14BrN3O2S. The van der Waals surface area contributed by atoms with E-state index in [2.05, 4.69) is 25.6 Å². The molecule has 0 aliphatic heterocycles. The molecule has 7 heteroatoms. The molecule has 0 saturated heterocycles. The molecule has 1 aromatic heterocycles. The smallest absolute Gasteiger partial charge is 0.265 e. The Morgan fingerprint density at radius 1 is 1.25 bits per heavy atom. The first-order chi connectivity index (χ1) is 9.31. The predicted octanol–water partition coefficient (Wildman–Crippen LogP) is 2.84. The molecule has 0 atom stereocenters. The second-order valence-corrected chi connectivity index (χ2v) is 6.98. The van der Waals surface area contributed by atoms with Gasteiger partial charge in [-0.15, -0.1) is 0 Å². The van der Waals surface area contributed by atoms with Gasteiger partial charge in [-0.3, -0.25) is 4.72 Å². The first-order valence-corrected chi connectivity index (χ1v) is 8.09. The van der Waals surface area contributed by atoms with Gasteiger partial charge in [0.15, 0.2) is 0 Å². The van der Waals surface area contributed by atoms with E-state index in [9.17, 15) is 8.42 Å². The minimum absolute atomic E-state index is 0.0352. The van der Waals surface area contributed by atoms with Gasteiger partial charge in [-0.05, 0) is 47.0 Å². The molecule has 106 valence electrons. The third-order valence-electron chi connectivity index (χ3n) is 2.86. The molecule has 3 N–H and O–H groups in total. The van der Waals surface area contributed by atoms with Gasteiger partial charge in [-0.1, -0.05) is 18.2 Å². The number of rotatable bonds is 3. The number of anilines is 2. The van der Waals surface area contributed by atoms with E-state index in [1.54, 1.807) is 0 Å². The Morgan fingerprint density at radius 2 is 1.85 bits per heavy atom. The molecule has 0 aliphatic carbocycles. The summed E-state index contributed by atoms with van der Waals surface area (Å²) in [6, 6.07) is 6.98. The van der Waals surface area contributed by atoms with Gasteiger partial charge in [0.05, 0.1) is 5.69 Å². The van der Waals surface area contributed by atoms with Crippen molar-refractivity contribution in [2.75, 3.05) is 10.5 Å². The molecule has 0 radical (unpaired) electrons. The normalized spacial score (nSPS) is 11.3. The summed E-state index contributed by atoms with van der Waals surface area (Å²) in [4.78, 5) is 3.80. The van der Waals surface area contributed by atoms with Gasteiger partial charge in [0.25, 0.3) is 10.0 Å². The van der Waals surface area contributed by atoms with Gasteiger partial charge in [0.2, 0.25) is 0 Å². The Kier molecular flexibility index (Phi) is 4.01. The highest BCUT2D eigenvalue weighted by molar-refractivity contribution is 9.10. The number of nitrogens with two attached hydrogens (primary N) is 1. The first kappa shape index (κ1) is 14.8. The summed E-state index contributed by atoms with van der Waals surface area (Å²) < 4.78 is 28.0. The number of hydrogen-bond donors (Lipinski definition) is 2. The Labute approximate surface area is 126 Å². The van der Waals surface area contributed by atoms with E-state index in [1.807, 2.05) is 32.0 Å². The lowest BCUT2D eigenvalue weighted by molar-refractivity contribution is 0.601. The topological polar surface area (TPSA) is 85.1 Å². The van der Waals surface area contributed by atoms with E-state index in [-0.39, 0.29) is 10.7 Å². The third-order valence-corrected chi connectivity index (χ3v) is 4.67. The maximum absolute atomic E-state index is 12.4. The number of para-hydroxylation sites is 1. The minimum Gasteiger partial charge on any atom is -0.383 e. The predicted molar refractivity (Wildman–Crippen MR) is 83.1 cm³/mol. The average molecular weight is 356 g/mol. The fourth-order valence-electron chi connectivity index (χ4n) is 1.81. The van der Waals surface area contributed by atoms with Crippen molar-refractivity contribution < 1.29 is 8.42 Å². The molecule has 0 unspecified atom stereocenters. The molecule has 0 bridgehead atoms. The zero-order valence-electron chi connectivity index (χ0n) is 11.0. The number of benzene rings is 1. The average Bonchev–Trinajstić information content (AvgIpc) is 2.37. The molecule has 0 saturated carbocycles. The highest BCUT2D eigenvalue weighted by atomic mass is 79.9. The lowest BCUT2D eigenvalue weighted by Gasteiger charge is -2.14. The van der Waals surface area contributed by atoms with Crippen LogP contribution in [0.4, 0.5) is 11.5 Å². The SMILES string of the molecule is Cc1cccc(C)c1NS(=O)(=O)c1cc(Br)cnc1N. The largest absolute Gasteiger partial charge is 0.383 e. The van der Waals surface area contributed by atoms with Crippen molar-refractivity contribution >= 4 is 37.5 Å². The Bertz CT molecular complexity index is 740. The van der Waals surface area contributed by atoms with Crippen molar-refractivity contribution in [1.29, 1.82) is 0 Å². The molecule has 2 aromatic rings. The van der Waals surface area contributed by atoms with Gasteiger partial charge in [0.1, 0.15) is 10.7 Å². The number of hydrogen-bond acceptors (Lipinski definition) is 4. The third kappa shape index (κ3) is 2.94. The number of sulfonamides is 1. The number of pyridine rings is 1. The van der Waals surface area contributed by atoms with Gasteiger partial charge >= 0.3 is 0 Å². The maximum atomic E-state index is 12.4. The number of aromatic nitrogens is 1. The molecule has 1 heterocycles. The van der Waals surface area contributed by atoms with Crippen LogP contribution in [-0.2, 0) is 10.0 Å². The number of nitrogen functional groups attached to an aromatic ring is 1. The van der Waals surface area contributed by atoms with E-state index in [1.165, 1.54) is 12.3 Å². The van der Waals surface area contributed by atoms with Gasteiger partial charge < -0.3 is 5.73 Å². The zero-order valence-corrected chi connectivity index (χ0v) is 13.4. The second kappa shape index (κ2) is 5.41. The molecule has 2 rings (SSSR count). The lowest BCUT2D eigenvalue weighted by Crippen LogP contribution is -2.17. The van der Waals surface area contributed by atoms with E-state index >= 15 is 0 Å². The van der Waals surface area contributed by atoms with Crippen LogP contribution in [0, 0.1) is 13.8 Å². The highest BCUT2D eigenvalue weighted by Gasteiger charge is 2.20. The van der Waals surface area contributed by atoms with Crippen LogP contribution >= 0.6 is 15.9 Å². The van der Waals surface area contributed by atoms with Crippen molar-refractivity contribution in [3.8, 4) is 0 Å². The molecule has 20 heavy (non-hydrogen) atoms. The van der Waals surface area contributed by atoms with Crippen LogP contribution in [0.1, 0.15) is 11.1 Å². The second-order valence-electron chi connectivity index (χ2n) is 4.41. The van der Waals surface area contributed by atoms with Crippen LogP contribution in [0.2, 0.25) is 0 Å². The number of nitrogens with one attached hydrogen (secondary N) is 1. The maximum Gasteiger partial charge on any atom is 0.265 e. The highest BCUT2D eigenvalue weighted by Crippen LogP contribution is 2.26. The van der Waals surface area contributed by atoms with Crippen LogP contribution in [0.3, 0.4) is 0 Å². The van der Waals surface area contributed by atoms with E-state index in [0.29, 0.717) is 10.2 Å². The van der Waals surface area contributed by atoms with Crippen LogP contribution < -0.4 is 10.5 Å². The van der Waals surface area contributed by atoms with Crippen molar-refractivity contribution in [1.82, 2.24) is 4.98 Å². The summed E-state index contributed by atoms with van der Waals surface area (Å²) in [5.74, 6) is -0.0352. The summed E-state index contributed by atoms with van der Waals surface area (Å²) in [5.41, 5.74) is 7.90. The van der Waals surface area contributed by atoms with Crippen LogP contribution in [0.25, 0.3) is 0 Å². The quantitative estimate of drug-likeness (QED) is 0.886. The molecular weight excluding hydrogens is 342 g/mol. The van der Waals surface area contributed by atoms with Gasteiger partial charge in [0, 0.05) is 10.7 Å². The zero-order chi connectivity index (χ0) is 14.9. The molecule has 0 fully saturated rings. The fraction of sp³-hybridized carbons (Fsp3) is 0.154. The summed E-state index contributed by atoms with van der Waals surface area (Å²) in [5, 5.41) is 0. The van der Waals surface area contributed by atoms with Crippen molar-refractivity contribution in [3.63, 3.8) is 0 Å². The Hall–Kier alpha value is -1.60. The summed E-state index contributed by atoms with van der Waals surface area (Å²) >= 11 is 3.19. The standard InChI is InChI=1S/C13H14BrN3O2S/c1-8-4-3-5-9(2)12(8)17-20(18,19)11-6-10(14)7-16-13(11)15/h3-7,17H,1-2H3,(H2,15,16). The van der Waals surface area contributed by atoms with Crippen molar-refractivity contribution in [3.05, 3.63) is 46.1 Å². The van der Waals surface area contributed by atoms with Crippen LogP contribution in [-0.4, -0.2) is 13.4 Å². The Morgan fingerprint density at radius 3 is 2.45 bits per heavy atom. The first-order valence-electron chi connectivity index (χ1n) is 5.81. The van der Waals surface area contributed by atoms with Gasteiger partial charge in [-0.25, -0.2) is 13.4 Å². The van der Waals surface area contributed by atoms with Crippen molar-refractivity contribution in [2.24, 2.45) is 0 Å². The van der Waals surface area contributed by atoms with Crippen LogP contribution in [0.15, 0.2) is 39.8 Å². The van der Waals surface area contributed by atoms with E-state index < -0.39 is 10.0 Å². The number of nitrogens with zero attached hydrogens (tertiary/aromatic N) is 1. The number of halogens is 1. The number of aryl methyl sites for hydroxylation is 2. The molecule has 0 spiro atoms. The van der Waals surface area contributed by atoms with Crippen LogP contribution in [0.5, 0.6) is 0 Å². The molecule has 5 nitrogen and oxygen atoms in total. The fourth-order valence-corrected chi connectivity index (χ4v) is 3.60. The summed E-state index contributed by atoms with van der Waals surface area (Å²) in [6.45, 7) is 3.68. The molecule has 0 amide bonds. The molecule has 1 aromatic carbocycles. The molecule has 0 aliphatic rings. The van der Waals surface area contributed by atoms with Gasteiger partial charge in [-0.2, -0.15) is 0 Å². The lowest BCUT2D eigenvalue weighted by atomic mass is 10.1. The Balaban J connectivity index is 2.49. The minimum atomic E-state index is -3.78. The van der Waals surface area contributed by atoms with E-state index in [0.717, 1.165) is 11.1 Å². The van der Waals surface area contributed by atoms with E-state index in [4.69, 9.17) is 5.73 Å². The monoisotopic (exact) mass is 355 g/mol. The summed E-state index contributed by atoms with van der Waals surface area (Å²) in [6.07, 6.45) is 1.45. The van der Waals surface area contributed by atoms with Crippen molar-refractivity contribution in [2.45, 2.75) is 18.7 Å².